The standard InChI is InChI=1S/C21H23N3O3/c1-14-9-11-17(12-10-14)26-20-8-6-5-7-19(20)22-21(25)24(4)13-18-15(2)23-27-16(18)3/h5-12H,13H2,1-4H3,(H,22,25). The molecule has 6 heteroatoms. The van der Waals surface area contributed by atoms with Gasteiger partial charge in [0, 0.05) is 12.6 Å². The van der Waals surface area contributed by atoms with Crippen LogP contribution in [0.1, 0.15) is 22.6 Å². The number of anilines is 1. The topological polar surface area (TPSA) is 67.6 Å². The highest BCUT2D eigenvalue weighted by Gasteiger charge is 2.17. The Morgan fingerprint density at radius 2 is 1.81 bits per heavy atom. The number of rotatable bonds is 5. The fourth-order valence-corrected chi connectivity index (χ4v) is 2.64. The summed E-state index contributed by atoms with van der Waals surface area (Å²) in [7, 11) is 1.73. The second kappa shape index (κ2) is 7.95. The molecule has 27 heavy (non-hydrogen) atoms. The Morgan fingerprint density at radius 3 is 2.48 bits per heavy atom. The molecule has 0 saturated heterocycles. The number of carbonyl (C=O) groups is 1. The first-order valence-corrected chi connectivity index (χ1v) is 8.71. The van der Waals surface area contributed by atoms with Gasteiger partial charge in [-0.05, 0) is 45.0 Å². The molecule has 0 spiro atoms. The molecule has 1 aromatic heterocycles. The van der Waals surface area contributed by atoms with Gasteiger partial charge in [-0.25, -0.2) is 4.79 Å². The minimum Gasteiger partial charge on any atom is -0.455 e. The number of aromatic nitrogens is 1. The van der Waals surface area contributed by atoms with Gasteiger partial charge in [0.15, 0.2) is 5.75 Å². The summed E-state index contributed by atoms with van der Waals surface area (Å²) in [4.78, 5) is 14.2. The predicted molar refractivity (Wildman–Crippen MR) is 104 cm³/mol. The van der Waals surface area contributed by atoms with Crippen molar-refractivity contribution >= 4 is 11.7 Å². The molecule has 0 saturated carbocycles. The van der Waals surface area contributed by atoms with Crippen molar-refractivity contribution < 1.29 is 14.1 Å². The summed E-state index contributed by atoms with van der Waals surface area (Å²) in [6.45, 7) is 6.13. The Hall–Kier alpha value is -3.28. The van der Waals surface area contributed by atoms with Crippen LogP contribution >= 0.6 is 0 Å². The van der Waals surface area contributed by atoms with Crippen molar-refractivity contribution in [1.29, 1.82) is 0 Å². The van der Waals surface area contributed by atoms with E-state index in [9.17, 15) is 4.79 Å². The first-order chi connectivity index (χ1) is 12.9. The highest BCUT2D eigenvalue weighted by Crippen LogP contribution is 2.29. The SMILES string of the molecule is Cc1ccc(Oc2ccccc2NC(=O)N(C)Cc2c(C)noc2C)cc1. The molecule has 0 radical (unpaired) electrons. The molecule has 0 aliphatic rings. The van der Waals surface area contributed by atoms with Gasteiger partial charge in [0.05, 0.1) is 17.9 Å². The number of aryl methyl sites for hydroxylation is 3. The van der Waals surface area contributed by atoms with Gasteiger partial charge in [-0.3, -0.25) is 0 Å². The van der Waals surface area contributed by atoms with E-state index in [-0.39, 0.29) is 6.03 Å². The van der Waals surface area contributed by atoms with Crippen LogP contribution in [0.5, 0.6) is 11.5 Å². The van der Waals surface area contributed by atoms with Gasteiger partial charge in [-0.2, -0.15) is 0 Å². The van der Waals surface area contributed by atoms with Crippen LogP contribution in [0.4, 0.5) is 10.5 Å². The first kappa shape index (κ1) is 18.5. The summed E-state index contributed by atoms with van der Waals surface area (Å²) >= 11 is 0. The number of benzene rings is 2. The van der Waals surface area contributed by atoms with Gasteiger partial charge in [-0.15, -0.1) is 0 Å². The summed E-state index contributed by atoms with van der Waals surface area (Å²) in [5.74, 6) is 2.02. The Kier molecular flexibility index (Phi) is 5.45. The van der Waals surface area contributed by atoms with Crippen LogP contribution in [0.25, 0.3) is 0 Å². The number of amides is 2. The van der Waals surface area contributed by atoms with Gasteiger partial charge in [-0.1, -0.05) is 35.0 Å². The molecule has 0 fully saturated rings. The summed E-state index contributed by atoms with van der Waals surface area (Å²) in [6, 6.07) is 14.9. The monoisotopic (exact) mass is 365 g/mol. The minimum absolute atomic E-state index is 0.241. The van der Waals surface area contributed by atoms with Crippen LogP contribution in [-0.4, -0.2) is 23.1 Å². The first-order valence-electron chi connectivity index (χ1n) is 8.71. The Morgan fingerprint density at radius 1 is 1.11 bits per heavy atom. The molecule has 0 aliphatic heterocycles. The van der Waals surface area contributed by atoms with Crippen molar-refractivity contribution in [2.45, 2.75) is 27.3 Å². The van der Waals surface area contributed by atoms with Crippen LogP contribution < -0.4 is 10.1 Å². The van der Waals surface area contributed by atoms with Crippen LogP contribution in [0.3, 0.4) is 0 Å². The zero-order chi connectivity index (χ0) is 19.4. The van der Waals surface area contributed by atoms with Crippen molar-refractivity contribution in [3.05, 3.63) is 71.1 Å². The Bertz CT molecular complexity index is 913. The highest BCUT2D eigenvalue weighted by atomic mass is 16.5. The number of carbonyl (C=O) groups excluding carboxylic acids is 1. The van der Waals surface area contributed by atoms with Gasteiger partial charge in [0.2, 0.25) is 0 Å². The second-order valence-corrected chi connectivity index (χ2v) is 6.50. The lowest BCUT2D eigenvalue weighted by molar-refractivity contribution is 0.220. The maximum absolute atomic E-state index is 12.6. The van der Waals surface area contributed by atoms with E-state index < -0.39 is 0 Å². The van der Waals surface area contributed by atoms with E-state index in [1.54, 1.807) is 11.9 Å². The summed E-state index contributed by atoms with van der Waals surface area (Å²) in [5.41, 5.74) is 3.46. The smallest absolute Gasteiger partial charge is 0.321 e. The lowest BCUT2D eigenvalue weighted by atomic mass is 10.2. The third-order valence-electron chi connectivity index (χ3n) is 4.30. The molecule has 0 unspecified atom stereocenters. The number of ether oxygens (including phenoxy) is 1. The molecule has 2 aromatic carbocycles. The molecule has 1 heterocycles. The molecule has 140 valence electrons. The van der Waals surface area contributed by atoms with E-state index in [2.05, 4.69) is 10.5 Å². The normalized spacial score (nSPS) is 10.5. The molecular formula is C21H23N3O3. The number of hydrogen-bond acceptors (Lipinski definition) is 4. The Balaban J connectivity index is 1.71. The lowest BCUT2D eigenvalue weighted by Gasteiger charge is -2.19. The average Bonchev–Trinajstić information content (AvgIpc) is 2.97. The van der Waals surface area contributed by atoms with E-state index >= 15 is 0 Å². The minimum atomic E-state index is -0.241. The fourth-order valence-electron chi connectivity index (χ4n) is 2.64. The number of urea groups is 1. The molecule has 3 rings (SSSR count). The summed E-state index contributed by atoms with van der Waals surface area (Å²) in [5, 5.41) is 6.83. The van der Waals surface area contributed by atoms with E-state index in [1.165, 1.54) is 0 Å². The molecule has 0 aliphatic carbocycles. The third-order valence-corrected chi connectivity index (χ3v) is 4.30. The molecule has 0 bridgehead atoms. The van der Waals surface area contributed by atoms with E-state index in [0.29, 0.717) is 23.7 Å². The zero-order valence-corrected chi connectivity index (χ0v) is 15.9. The fraction of sp³-hybridized carbons (Fsp3) is 0.238. The molecule has 6 nitrogen and oxygen atoms in total. The van der Waals surface area contributed by atoms with Crippen LogP contribution in [-0.2, 0) is 6.54 Å². The maximum atomic E-state index is 12.6. The lowest BCUT2D eigenvalue weighted by Crippen LogP contribution is -2.31. The van der Waals surface area contributed by atoms with E-state index in [1.807, 2.05) is 69.3 Å². The highest BCUT2D eigenvalue weighted by molar-refractivity contribution is 5.90. The second-order valence-electron chi connectivity index (χ2n) is 6.50. The van der Waals surface area contributed by atoms with Crippen LogP contribution in [0.15, 0.2) is 53.1 Å². The van der Waals surface area contributed by atoms with Crippen molar-refractivity contribution in [1.82, 2.24) is 10.1 Å². The van der Waals surface area contributed by atoms with Gasteiger partial charge < -0.3 is 19.5 Å². The zero-order valence-electron chi connectivity index (χ0n) is 15.9. The van der Waals surface area contributed by atoms with Gasteiger partial charge in [0.25, 0.3) is 0 Å². The molecular weight excluding hydrogens is 342 g/mol. The Labute approximate surface area is 158 Å². The van der Waals surface area contributed by atoms with E-state index in [0.717, 1.165) is 22.6 Å². The number of hydrogen-bond donors (Lipinski definition) is 1. The summed E-state index contributed by atoms with van der Waals surface area (Å²) in [6.07, 6.45) is 0. The third kappa shape index (κ3) is 4.47. The number of nitrogens with zero attached hydrogens (tertiary/aromatic N) is 2. The predicted octanol–water partition coefficient (Wildman–Crippen LogP) is 5.06. The average molecular weight is 365 g/mol. The molecule has 2 amide bonds. The van der Waals surface area contributed by atoms with E-state index in [4.69, 9.17) is 9.26 Å². The van der Waals surface area contributed by atoms with Crippen LogP contribution in [0.2, 0.25) is 0 Å². The summed E-state index contributed by atoms with van der Waals surface area (Å²) < 4.78 is 11.1. The molecule has 0 atom stereocenters. The number of nitrogens with one attached hydrogen (secondary N) is 1. The largest absolute Gasteiger partial charge is 0.455 e. The van der Waals surface area contributed by atoms with Crippen molar-refractivity contribution in [3.8, 4) is 11.5 Å². The van der Waals surface area contributed by atoms with Gasteiger partial charge >= 0.3 is 6.03 Å². The van der Waals surface area contributed by atoms with Gasteiger partial charge in [0.1, 0.15) is 11.5 Å². The molecule has 1 N–H and O–H groups in total. The van der Waals surface area contributed by atoms with Crippen molar-refractivity contribution in [2.75, 3.05) is 12.4 Å². The van der Waals surface area contributed by atoms with Crippen molar-refractivity contribution in [2.24, 2.45) is 0 Å². The molecule has 3 aromatic rings. The maximum Gasteiger partial charge on any atom is 0.321 e. The quantitative estimate of drug-likeness (QED) is 0.686. The number of para-hydroxylation sites is 2. The van der Waals surface area contributed by atoms with Crippen LogP contribution in [0, 0.1) is 20.8 Å². The van der Waals surface area contributed by atoms with Crippen molar-refractivity contribution in [3.63, 3.8) is 0 Å².